The molecule has 96 valence electrons. The molecule has 0 amide bonds. The lowest BCUT2D eigenvalue weighted by molar-refractivity contribution is 1.03. The predicted octanol–water partition coefficient (Wildman–Crippen LogP) is 4.60. The summed E-state index contributed by atoms with van der Waals surface area (Å²) in [5.74, 6) is 0. The number of rotatable bonds is 4. The molecular weight excluding hydrogens is 276 g/mol. The summed E-state index contributed by atoms with van der Waals surface area (Å²) >= 11 is 7.39. The molecule has 3 rings (SSSR count). The third kappa shape index (κ3) is 2.88. The van der Waals surface area contributed by atoms with Crippen molar-refractivity contribution in [3.05, 3.63) is 59.1 Å². The number of hydrogen-bond acceptors (Lipinski definition) is 3. The molecule has 4 heteroatoms. The summed E-state index contributed by atoms with van der Waals surface area (Å²) in [6, 6.07) is 16.2. The minimum absolute atomic E-state index is 0.783. The van der Waals surface area contributed by atoms with Gasteiger partial charge in [0.15, 0.2) is 0 Å². The zero-order valence-electron chi connectivity index (χ0n) is 10.3. The number of fused-ring (bicyclic) bond motifs is 1. The molecule has 3 aromatic rings. The first-order valence-corrected chi connectivity index (χ1v) is 7.31. The van der Waals surface area contributed by atoms with E-state index in [1.165, 1.54) is 22.5 Å². The van der Waals surface area contributed by atoms with Crippen LogP contribution in [0.2, 0.25) is 5.02 Å². The second-order valence-electron chi connectivity index (χ2n) is 4.33. The van der Waals surface area contributed by atoms with E-state index in [1.807, 2.05) is 30.3 Å². The second kappa shape index (κ2) is 5.59. The summed E-state index contributed by atoms with van der Waals surface area (Å²) in [5, 5.41) is 6.58. The molecule has 1 heterocycles. The largest absolute Gasteiger partial charge is 0.375 e. The van der Waals surface area contributed by atoms with E-state index < -0.39 is 0 Å². The highest BCUT2D eigenvalue weighted by atomic mass is 35.5. The zero-order valence-corrected chi connectivity index (χ0v) is 11.8. The molecule has 0 fully saturated rings. The molecule has 0 aliphatic heterocycles. The Morgan fingerprint density at radius 3 is 2.68 bits per heavy atom. The van der Waals surface area contributed by atoms with Gasteiger partial charge in [0.05, 0.1) is 5.52 Å². The molecule has 0 spiro atoms. The molecule has 2 aromatic carbocycles. The lowest BCUT2D eigenvalue weighted by atomic mass is 10.1. The second-order valence-corrected chi connectivity index (χ2v) is 5.54. The Balaban J connectivity index is 1.65. The lowest BCUT2D eigenvalue weighted by Crippen LogP contribution is -2.03. The van der Waals surface area contributed by atoms with Crippen LogP contribution in [-0.2, 0) is 6.42 Å². The Kier molecular flexibility index (Phi) is 3.67. The molecule has 0 aliphatic rings. The predicted molar refractivity (Wildman–Crippen MR) is 83.3 cm³/mol. The number of anilines is 1. The fourth-order valence-electron chi connectivity index (χ4n) is 1.99. The Labute approximate surface area is 121 Å². The van der Waals surface area contributed by atoms with Crippen LogP contribution in [0.3, 0.4) is 0 Å². The first kappa shape index (κ1) is 12.5. The van der Waals surface area contributed by atoms with Crippen molar-refractivity contribution in [2.24, 2.45) is 0 Å². The van der Waals surface area contributed by atoms with Crippen LogP contribution in [0, 0.1) is 0 Å². The average Bonchev–Trinajstić information content (AvgIpc) is 2.85. The smallest absolute Gasteiger partial charge is 0.117 e. The van der Waals surface area contributed by atoms with Gasteiger partial charge in [0.25, 0.3) is 0 Å². The van der Waals surface area contributed by atoms with Crippen molar-refractivity contribution >= 4 is 39.0 Å². The van der Waals surface area contributed by atoms with E-state index in [1.54, 1.807) is 0 Å². The van der Waals surface area contributed by atoms with Crippen LogP contribution in [-0.4, -0.2) is 10.9 Å². The quantitative estimate of drug-likeness (QED) is 0.759. The van der Waals surface area contributed by atoms with Crippen molar-refractivity contribution in [1.29, 1.82) is 0 Å². The molecule has 2 nitrogen and oxygen atoms in total. The molecule has 0 aliphatic carbocycles. The van der Waals surface area contributed by atoms with Gasteiger partial charge in [0.2, 0.25) is 0 Å². The molecule has 0 atom stereocenters. The first-order valence-electron chi connectivity index (χ1n) is 6.16. The van der Waals surface area contributed by atoms with Crippen LogP contribution in [0.15, 0.2) is 48.5 Å². The van der Waals surface area contributed by atoms with Crippen molar-refractivity contribution in [2.75, 3.05) is 11.9 Å². The van der Waals surface area contributed by atoms with E-state index in [2.05, 4.69) is 27.9 Å². The molecule has 0 saturated carbocycles. The van der Waals surface area contributed by atoms with E-state index in [4.69, 9.17) is 11.6 Å². The monoisotopic (exact) mass is 288 g/mol. The highest BCUT2D eigenvalue weighted by Gasteiger charge is 2.04. The van der Waals surface area contributed by atoms with Gasteiger partial charge in [0, 0.05) is 17.0 Å². The number of halogens is 1. The van der Waals surface area contributed by atoms with Crippen molar-refractivity contribution in [2.45, 2.75) is 6.42 Å². The maximum Gasteiger partial charge on any atom is 0.117 e. The molecule has 1 aromatic heterocycles. The van der Waals surface area contributed by atoms with Crippen molar-refractivity contribution in [3.8, 4) is 0 Å². The van der Waals surface area contributed by atoms with E-state index >= 15 is 0 Å². The number of aromatic nitrogens is 1. The van der Waals surface area contributed by atoms with Gasteiger partial charge in [-0.2, -0.15) is 4.37 Å². The van der Waals surface area contributed by atoms with Crippen LogP contribution in [0.1, 0.15) is 5.56 Å². The van der Waals surface area contributed by atoms with Crippen LogP contribution in [0.25, 0.3) is 10.9 Å². The van der Waals surface area contributed by atoms with Crippen LogP contribution >= 0.6 is 23.1 Å². The van der Waals surface area contributed by atoms with Gasteiger partial charge in [-0.1, -0.05) is 35.9 Å². The number of hydrogen-bond donors (Lipinski definition) is 1. The molecule has 0 unspecified atom stereocenters. The minimum atomic E-state index is 0.783. The Morgan fingerprint density at radius 2 is 1.84 bits per heavy atom. The maximum atomic E-state index is 5.87. The SMILES string of the molecule is Clc1ccc(CCNc2snc3ccccc23)cc1. The maximum absolute atomic E-state index is 5.87. The summed E-state index contributed by atoms with van der Waals surface area (Å²) in [5.41, 5.74) is 2.34. The summed E-state index contributed by atoms with van der Waals surface area (Å²) in [6.07, 6.45) is 0.976. The third-order valence-electron chi connectivity index (χ3n) is 3.00. The van der Waals surface area contributed by atoms with E-state index in [9.17, 15) is 0 Å². The Hall–Kier alpha value is -1.58. The standard InChI is InChI=1S/C15H13ClN2S/c16-12-7-5-11(6-8-12)9-10-17-15-13-3-1-2-4-14(13)18-19-15/h1-8,17H,9-10H2. The lowest BCUT2D eigenvalue weighted by Gasteiger charge is -2.04. The summed E-state index contributed by atoms with van der Waals surface area (Å²) in [6.45, 7) is 0.897. The molecule has 0 saturated heterocycles. The molecule has 0 bridgehead atoms. The molecular formula is C15H13ClN2S. The number of nitrogens with zero attached hydrogens (tertiary/aromatic N) is 1. The fraction of sp³-hybridized carbons (Fsp3) is 0.133. The average molecular weight is 289 g/mol. The van der Waals surface area contributed by atoms with E-state index in [-0.39, 0.29) is 0 Å². The summed E-state index contributed by atoms with van der Waals surface area (Å²) in [4.78, 5) is 0. The van der Waals surface area contributed by atoms with Crippen LogP contribution < -0.4 is 5.32 Å². The Morgan fingerprint density at radius 1 is 1.05 bits per heavy atom. The van der Waals surface area contributed by atoms with Crippen molar-refractivity contribution in [3.63, 3.8) is 0 Å². The molecule has 19 heavy (non-hydrogen) atoms. The van der Waals surface area contributed by atoms with Crippen LogP contribution in [0.4, 0.5) is 5.00 Å². The van der Waals surface area contributed by atoms with Gasteiger partial charge in [-0.05, 0) is 47.8 Å². The zero-order chi connectivity index (χ0) is 13.1. The Bertz CT molecular complexity index is 676. The highest BCUT2D eigenvalue weighted by molar-refractivity contribution is 7.11. The van der Waals surface area contributed by atoms with Gasteiger partial charge in [-0.3, -0.25) is 0 Å². The molecule has 1 N–H and O–H groups in total. The fourth-order valence-corrected chi connectivity index (χ4v) is 2.90. The van der Waals surface area contributed by atoms with Crippen molar-refractivity contribution in [1.82, 2.24) is 4.37 Å². The summed E-state index contributed by atoms with van der Waals surface area (Å²) in [7, 11) is 0. The first-order chi connectivity index (χ1) is 9.33. The number of benzene rings is 2. The minimum Gasteiger partial charge on any atom is -0.375 e. The van der Waals surface area contributed by atoms with E-state index in [0.29, 0.717) is 0 Å². The van der Waals surface area contributed by atoms with E-state index in [0.717, 1.165) is 28.5 Å². The van der Waals surface area contributed by atoms with Gasteiger partial charge in [0.1, 0.15) is 5.00 Å². The molecule has 0 radical (unpaired) electrons. The van der Waals surface area contributed by atoms with Gasteiger partial charge >= 0.3 is 0 Å². The van der Waals surface area contributed by atoms with Gasteiger partial charge < -0.3 is 5.32 Å². The topological polar surface area (TPSA) is 24.9 Å². The highest BCUT2D eigenvalue weighted by Crippen LogP contribution is 2.27. The van der Waals surface area contributed by atoms with Gasteiger partial charge in [-0.15, -0.1) is 0 Å². The number of nitrogens with one attached hydrogen (secondary N) is 1. The normalized spacial score (nSPS) is 10.8. The summed E-state index contributed by atoms with van der Waals surface area (Å²) < 4.78 is 4.42. The van der Waals surface area contributed by atoms with Crippen molar-refractivity contribution < 1.29 is 0 Å². The van der Waals surface area contributed by atoms with Crippen LogP contribution in [0.5, 0.6) is 0 Å². The third-order valence-corrected chi connectivity index (χ3v) is 4.08. The van der Waals surface area contributed by atoms with Gasteiger partial charge in [-0.25, -0.2) is 0 Å².